The SMILES string of the molecule is CC(=NCCCC[C@H](NC(=O)[C@@H](N)CCCCN=C(C)NO)C(=O)O)NO. The van der Waals surface area contributed by atoms with E-state index in [1.165, 1.54) is 0 Å². The number of carbonyl (C=O) groups excluding carboxylic acids is 1. The van der Waals surface area contributed by atoms with Crippen molar-refractivity contribution in [2.45, 2.75) is 64.5 Å². The molecule has 0 saturated carbocycles. The highest BCUT2D eigenvalue weighted by atomic mass is 16.5. The van der Waals surface area contributed by atoms with Gasteiger partial charge in [0.2, 0.25) is 5.91 Å². The van der Waals surface area contributed by atoms with Gasteiger partial charge >= 0.3 is 5.97 Å². The van der Waals surface area contributed by atoms with Crippen LogP contribution in [0.4, 0.5) is 0 Å². The number of carboxylic acids is 1. The van der Waals surface area contributed by atoms with E-state index in [-0.39, 0.29) is 6.42 Å². The number of carbonyl (C=O) groups is 2. The van der Waals surface area contributed by atoms with Crippen molar-refractivity contribution in [3.63, 3.8) is 0 Å². The zero-order chi connectivity index (χ0) is 20.7. The van der Waals surface area contributed by atoms with Gasteiger partial charge in [-0.2, -0.15) is 0 Å². The Morgan fingerprint density at radius 1 is 0.926 bits per heavy atom. The first-order chi connectivity index (χ1) is 12.8. The molecule has 0 aliphatic rings. The Labute approximate surface area is 159 Å². The quantitative estimate of drug-likeness (QED) is 0.0997. The molecule has 1 amide bonds. The third-order valence-corrected chi connectivity index (χ3v) is 3.80. The zero-order valence-corrected chi connectivity index (χ0v) is 15.9. The molecule has 0 aliphatic carbocycles. The number of hydrogen-bond donors (Lipinski definition) is 7. The van der Waals surface area contributed by atoms with Crippen LogP contribution in [-0.4, -0.2) is 64.2 Å². The number of hydroxylamine groups is 2. The monoisotopic (exact) mass is 388 g/mol. The molecule has 2 atom stereocenters. The van der Waals surface area contributed by atoms with Gasteiger partial charge in [-0.15, -0.1) is 0 Å². The van der Waals surface area contributed by atoms with Crippen LogP contribution in [0.5, 0.6) is 0 Å². The molecular weight excluding hydrogens is 356 g/mol. The summed E-state index contributed by atoms with van der Waals surface area (Å²) >= 11 is 0. The number of carboxylic acid groups (broad SMARTS) is 1. The van der Waals surface area contributed by atoms with Gasteiger partial charge in [-0.1, -0.05) is 0 Å². The molecule has 0 aromatic heterocycles. The lowest BCUT2D eigenvalue weighted by atomic mass is 10.1. The summed E-state index contributed by atoms with van der Waals surface area (Å²) < 4.78 is 0. The van der Waals surface area contributed by atoms with Crippen LogP contribution in [-0.2, 0) is 9.59 Å². The number of amidine groups is 2. The number of amides is 1. The fourth-order valence-corrected chi connectivity index (χ4v) is 2.17. The van der Waals surface area contributed by atoms with Crippen LogP contribution in [0.3, 0.4) is 0 Å². The molecule has 0 radical (unpaired) electrons. The van der Waals surface area contributed by atoms with Crippen molar-refractivity contribution in [3.8, 4) is 0 Å². The fourth-order valence-electron chi connectivity index (χ4n) is 2.17. The van der Waals surface area contributed by atoms with Crippen molar-refractivity contribution >= 4 is 23.5 Å². The molecule has 0 spiro atoms. The number of unbranched alkanes of at least 4 members (excludes halogenated alkanes) is 2. The number of nitrogens with two attached hydrogens (primary N) is 1. The van der Waals surface area contributed by atoms with Crippen molar-refractivity contribution in [2.75, 3.05) is 13.1 Å². The van der Waals surface area contributed by atoms with Gasteiger partial charge < -0.3 is 16.2 Å². The predicted octanol–water partition coefficient (Wildman–Crippen LogP) is 0.0181. The number of hydrogen-bond acceptors (Lipinski definition) is 7. The van der Waals surface area contributed by atoms with E-state index in [1.807, 2.05) is 11.0 Å². The van der Waals surface area contributed by atoms with Gasteiger partial charge in [-0.3, -0.25) is 36.2 Å². The van der Waals surface area contributed by atoms with E-state index in [9.17, 15) is 14.7 Å². The van der Waals surface area contributed by atoms with Gasteiger partial charge in [0.1, 0.15) is 17.7 Å². The molecule has 0 bridgehead atoms. The summed E-state index contributed by atoms with van der Waals surface area (Å²) in [6.45, 7) is 4.19. The summed E-state index contributed by atoms with van der Waals surface area (Å²) in [4.78, 5) is 31.4. The number of rotatable bonds is 13. The number of aliphatic carboxylic acids is 1. The summed E-state index contributed by atoms with van der Waals surface area (Å²) in [5.74, 6) is -0.793. The minimum Gasteiger partial charge on any atom is -0.480 e. The van der Waals surface area contributed by atoms with E-state index in [2.05, 4.69) is 15.3 Å². The first-order valence-electron chi connectivity index (χ1n) is 8.92. The first-order valence-corrected chi connectivity index (χ1v) is 8.92. The van der Waals surface area contributed by atoms with Crippen LogP contribution >= 0.6 is 0 Å². The lowest BCUT2D eigenvalue weighted by Gasteiger charge is -2.17. The van der Waals surface area contributed by atoms with Crippen LogP contribution in [0.25, 0.3) is 0 Å². The molecule has 0 unspecified atom stereocenters. The maximum Gasteiger partial charge on any atom is 0.326 e. The Hall–Kier alpha value is -2.24. The Morgan fingerprint density at radius 3 is 1.85 bits per heavy atom. The predicted molar refractivity (Wildman–Crippen MR) is 101 cm³/mol. The summed E-state index contributed by atoms with van der Waals surface area (Å²) in [6.07, 6.45) is 3.24. The van der Waals surface area contributed by atoms with E-state index >= 15 is 0 Å². The molecule has 11 nitrogen and oxygen atoms in total. The average molecular weight is 388 g/mol. The molecule has 0 heterocycles. The Morgan fingerprint density at radius 2 is 1.41 bits per heavy atom. The molecule has 0 fully saturated rings. The molecule has 8 N–H and O–H groups in total. The molecule has 11 heteroatoms. The molecule has 0 aromatic rings. The van der Waals surface area contributed by atoms with Gasteiger partial charge in [-0.05, 0) is 52.4 Å². The minimum absolute atomic E-state index is 0.275. The van der Waals surface area contributed by atoms with Crippen molar-refractivity contribution in [1.82, 2.24) is 16.3 Å². The van der Waals surface area contributed by atoms with E-state index in [1.54, 1.807) is 13.8 Å². The fraction of sp³-hybridized carbons (Fsp3) is 0.750. The van der Waals surface area contributed by atoms with Crippen molar-refractivity contribution in [3.05, 3.63) is 0 Å². The number of aliphatic imine (C=N–C) groups is 2. The topological polar surface area (TPSA) is 182 Å². The average Bonchev–Trinajstić information content (AvgIpc) is 2.65. The summed E-state index contributed by atoms with van der Waals surface area (Å²) in [5.41, 5.74) is 9.67. The third kappa shape index (κ3) is 12.7. The second-order valence-electron chi connectivity index (χ2n) is 6.16. The van der Waals surface area contributed by atoms with Gasteiger partial charge in [-0.25, -0.2) is 4.79 Å². The van der Waals surface area contributed by atoms with Crippen molar-refractivity contribution < 1.29 is 25.1 Å². The normalized spacial score (nSPS) is 14.4. The second kappa shape index (κ2) is 14.9. The van der Waals surface area contributed by atoms with Crippen molar-refractivity contribution in [2.24, 2.45) is 15.7 Å². The van der Waals surface area contributed by atoms with Crippen molar-refractivity contribution in [1.29, 1.82) is 0 Å². The largest absolute Gasteiger partial charge is 0.480 e. The van der Waals surface area contributed by atoms with E-state index in [0.29, 0.717) is 56.9 Å². The Bertz CT molecular complexity index is 512. The van der Waals surface area contributed by atoms with E-state index in [0.717, 1.165) is 0 Å². The smallest absolute Gasteiger partial charge is 0.326 e. The highest BCUT2D eigenvalue weighted by Gasteiger charge is 2.22. The molecular formula is C16H32N6O5. The zero-order valence-electron chi connectivity index (χ0n) is 15.9. The lowest BCUT2D eigenvalue weighted by Crippen LogP contribution is -2.48. The molecule has 0 aliphatic heterocycles. The van der Waals surface area contributed by atoms with Crippen LogP contribution in [0.15, 0.2) is 9.98 Å². The lowest BCUT2D eigenvalue weighted by molar-refractivity contribution is -0.142. The van der Waals surface area contributed by atoms with Gasteiger partial charge in [0.05, 0.1) is 6.04 Å². The first kappa shape index (κ1) is 24.8. The van der Waals surface area contributed by atoms with Crippen LogP contribution < -0.4 is 22.0 Å². The summed E-state index contributed by atoms with van der Waals surface area (Å²) in [7, 11) is 0. The summed E-state index contributed by atoms with van der Waals surface area (Å²) in [5, 5.41) is 28.9. The second-order valence-corrected chi connectivity index (χ2v) is 6.16. The van der Waals surface area contributed by atoms with Crippen LogP contribution in [0.2, 0.25) is 0 Å². The third-order valence-electron chi connectivity index (χ3n) is 3.80. The highest BCUT2D eigenvalue weighted by Crippen LogP contribution is 2.05. The van der Waals surface area contributed by atoms with Gasteiger partial charge in [0, 0.05) is 13.1 Å². The maximum absolute atomic E-state index is 12.1. The number of nitrogens with zero attached hydrogens (tertiary/aromatic N) is 2. The molecule has 0 saturated heterocycles. The minimum atomic E-state index is -1.10. The Kier molecular flexibility index (Phi) is 13.6. The standard InChI is InChI=1S/C16H32N6O5/c1-11(21-26)18-9-5-3-7-13(17)15(23)20-14(16(24)25)8-4-6-10-19-12(2)22-27/h13-14,26-27H,3-10,17H2,1-2H3,(H,18,21)(H,19,22)(H,20,23)(H,24,25)/t13-,14-/m0/s1. The number of nitrogens with one attached hydrogen (secondary N) is 3. The molecule has 0 aromatic carbocycles. The molecule has 156 valence electrons. The van der Waals surface area contributed by atoms with Gasteiger partial charge in [0.25, 0.3) is 0 Å². The van der Waals surface area contributed by atoms with Gasteiger partial charge in [0.15, 0.2) is 0 Å². The van der Waals surface area contributed by atoms with E-state index in [4.69, 9.17) is 16.1 Å². The summed E-state index contributed by atoms with van der Waals surface area (Å²) in [6, 6.07) is -1.77. The van der Waals surface area contributed by atoms with E-state index < -0.39 is 24.0 Å². The van der Waals surface area contributed by atoms with Crippen LogP contribution in [0.1, 0.15) is 52.4 Å². The highest BCUT2D eigenvalue weighted by molar-refractivity contribution is 5.86. The molecule has 0 rings (SSSR count). The Balaban J connectivity index is 4.17. The molecule has 27 heavy (non-hydrogen) atoms. The van der Waals surface area contributed by atoms with Crippen LogP contribution in [0, 0.1) is 0 Å². The maximum atomic E-state index is 12.1.